The van der Waals surface area contributed by atoms with Crippen molar-refractivity contribution in [2.45, 2.75) is 6.42 Å². The normalized spacial score (nSPS) is 13.9. The fraction of sp³-hybridized carbons (Fsp3) is 0.133. The van der Waals surface area contributed by atoms with Gasteiger partial charge in [0, 0.05) is 6.54 Å². The number of fused-ring (bicyclic) bond motifs is 2. The van der Waals surface area contributed by atoms with E-state index in [0.29, 0.717) is 22.8 Å². The zero-order chi connectivity index (χ0) is 13.7. The number of aromatic nitrogens is 1. The van der Waals surface area contributed by atoms with Crippen molar-refractivity contribution in [3.63, 3.8) is 0 Å². The Morgan fingerprint density at radius 2 is 2.15 bits per heavy atom. The SMILES string of the molecule is Nc1cccc2oc(N3CCc4ccc(F)cc43)nc12. The molecule has 2 heterocycles. The van der Waals surface area contributed by atoms with Gasteiger partial charge in [-0.2, -0.15) is 4.98 Å². The van der Waals surface area contributed by atoms with Gasteiger partial charge >= 0.3 is 6.01 Å². The second-order valence-electron chi connectivity index (χ2n) is 4.87. The summed E-state index contributed by atoms with van der Waals surface area (Å²) in [5.74, 6) is -0.258. The highest BCUT2D eigenvalue weighted by Crippen LogP contribution is 2.36. The van der Waals surface area contributed by atoms with Crippen LogP contribution in [0.3, 0.4) is 0 Å². The Hall–Kier alpha value is -2.56. The fourth-order valence-electron chi connectivity index (χ4n) is 2.62. The van der Waals surface area contributed by atoms with Gasteiger partial charge < -0.3 is 10.2 Å². The summed E-state index contributed by atoms with van der Waals surface area (Å²) in [5.41, 5.74) is 9.67. The Morgan fingerprint density at radius 3 is 3.00 bits per heavy atom. The minimum Gasteiger partial charge on any atom is -0.423 e. The van der Waals surface area contributed by atoms with Gasteiger partial charge in [0.25, 0.3) is 0 Å². The Kier molecular flexibility index (Phi) is 2.24. The molecule has 1 aromatic heterocycles. The quantitative estimate of drug-likeness (QED) is 0.689. The predicted molar refractivity (Wildman–Crippen MR) is 75.5 cm³/mol. The zero-order valence-electron chi connectivity index (χ0n) is 10.6. The third-order valence-electron chi connectivity index (χ3n) is 3.61. The van der Waals surface area contributed by atoms with Gasteiger partial charge in [0.2, 0.25) is 0 Å². The molecule has 0 saturated carbocycles. The van der Waals surface area contributed by atoms with Crippen LogP contribution in [0, 0.1) is 5.82 Å². The van der Waals surface area contributed by atoms with Crippen LogP contribution >= 0.6 is 0 Å². The van der Waals surface area contributed by atoms with Gasteiger partial charge in [-0.15, -0.1) is 0 Å². The zero-order valence-corrected chi connectivity index (χ0v) is 10.6. The van der Waals surface area contributed by atoms with E-state index in [1.54, 1.807) is 6.07 Å². The van der Waals surface area contributed by atoms with Gasteiger partial charge in [-0.1, -0.05) is 12.1 Å². The number of nitrogen functional groups attached to an aromatic ring is 1. The van der Waals surface area contributed by atoms with Crippen LogP contribution < -0.4 is 10.6 Å². The number of anilines is 3. The largest absolute Gasteiger partial charge is 0.423 e. The molecular weight excluding hydrogens is 257 g/mol. The van der Waals surface area contributed by atoms with Gasteiger partial charge in [0.15, 0.2) is 5.58 Å². The van der Waals surface area contributed by atoms with Crippen molar-refractivity contribution in [3.8, 4) is 0 Å². The van der Waals surface area contributed by atoms with E-state index in [-0.39, 0.29) is 5.82 Å². The first kappa shape index (κ1) is 11.3. The Bertz CT molecular complexity index is 812. The van der Waals surface area contributed by atoms with E-state index in [0.717, 1.165) is 24.2 Å². The van der Waals surface area contributed by atoms with Crippen LogP contribution in [0.25, 0.3) is 11.1 Å². The van der Waals surface area contributed by atoms with Gasteiger partial charge in [-0.05, 0) is 36.2 Å². The van der Waals surface area contributed by atoms with Gasteiger partial charge in [-0.3, -0.25) is 4.90 Å². The number of nitrogens with zero attached hydrogens (tertiary/aromatic N) is 2. The van der Waals surface area contributed by atoms with Crippen LogP contribution in [0.15, 0.2) is 40.8 Å². The van der Waals surface area contributed by atoms with Gasteiger partial charge in [0.1, 0.15) is 11.3 Å². The number of halogens is 1. The van der Waals surface area contributed by atoms with E-state index in [1.807, 2.05) is 23.1 Å². The molecule has 0 aliphatic carbocycles. The highest BCUT2D eigenvalue weighted by atomic mass is 19.1. The molecule has 0 atom stereocenters. The molecular formula is C15H12FN3O. The van der Waals surface area contributed by atoms with E-state index < -0.39 is 0 Å². The molecule has 100 valence electrons. The Morgan fingerprint density at radius 1 is 1.25 bits per heavy atom. The van der Waals surface area contributed by atoms with Crippen molar-refractivity contribution in [3.05, 3.63) is 47.8 Å². The van der Waals surface area contributed by atoms with Crippen LogP contribution in [0.4, 0.5) is 21.8 Å². The summed E-state index contributed by atoms with van der Waals surface area (Å²) in [6.45, 7) is 0.728. The van der Waals surface area contributed by atoms with Gasteiger partial charge in [0.05, 0.1) is 11.4 Å². The van der Waals surface area contributed by atoms with E-state index >= 15 is 0 Å². The molecule has 0 bridgehead atoms. The summed E-state index contributed by atoms with van der Waals surface area (Å²) in [4.78, 5) is 6.32. The number of benzene rings is 2. The molecule has 4 nitrogen and oxygen atoms in total. The molecule has 0 unspecified atom stereocenters. The summed E-state index contributed by atoms with van der Waals surface area (Å²) in [7, 11) is 0. The molecule has 3 aromatic rings. The van der Waals surface area contributed by atoms with Crippen molar-refractivity contribution in [2.75, 3.05) is 17.2 Å². The summed E-state index contributed by atoms with van der Waals surface area (Å²) >= 11 is 0. The Labute approximate surface area is 114 Å². The Balaban J connectivity index is 1.86. The maximum atomic E-state index is 13.4. The van der Waals surface area contributed by atoms with Crippen molar-refractivity contribution in [1.82, 2.24) is 4.98 Å². The molecule has 5 heteroatoms. The molecule has 20 heavy (non-hydrogen) atoms. The third-order valence-corrected chi connectivity index (χ3v) is 3.61. The molecule has 0 amide bonds. The van der Waals surface area contributed by atoms with Crippen LogP contribution in [-0.4, -0.2) is 11.5 Å². The van der Waals surface area contributed by atoms with Crippen LogP contribution in [0.2, 0.25) is 0 Å². The molecule has 0 saturated heterocycles. The second kappa shape index (κ2) is 3.96. The molecule has 0 fully saturated rings. The molecule has 0 spiro atoms. The maximum Gasteiger partial charge on any atom is 0.303 e. The number of rotatable bonds is 1. The fourth-order valence-corrected chi connectivity index (χ4v) is 2.62. The highest BCUT2D eigenvalue weighted by Gasteiger charge is 2.25. The van der Waals surface area contributed by atoms with Crippen LogP contribution in [0.1, 0.15) is 5.56 Å². The lowest BCUT2D eigenvalue weighted by Gasteiger charge is -2.13. The summed E-state index contributed by atoms with van der Waals surface area (Å²) in [5, 5.41) is 0. The van der Waals surface area contributed by atoms with Crippen molar-refractivity contribution in [2.24, 2.45) is 0 Å². The molecule has 1 aliphatic rings. The van der Waals surface area contributed by atoms with Crippen LogP contribution in [-0.2, 0) is 6.42 Å². The number of hydrogen-bond acceptors (Lipinski definition) is 4. The lowest BCUT2D eigenvalue weighted by Crippen LogP contribution is -2.13. The summed E-state index contributed by atoms with van der Waals surface area (Å²) in [6.07, 6.45) is 0.851. The number of hydrogen-bond donors (Lipinski definition) is 1. The first-order valence-corrected chi connectivity index (χ1v) is 6.43. The average Bonchev–Trinajstić information content (AvgIpc) is 3.02. The van der Waals surface area contributed by atoms with Crippen LogP contribution in [0.5, 0.6) is 0 Å². The van der Waals surface area contributed by atoms with E-state index in [9.17, 15) is 4.39 Å². The number of oxazole rings is 1. The highest BCUT2D eigenvalue weighted by molar-refractivity contribution is 5.87. The second-order valence-corrected chi connectivity index (χ2v) is 4.87. The first-order chi connectivity index (χ1) is 9.72. The predicted octanol–water partition coefficient (Wildman–Crippen LogP) is 3.24. The summed E-state index contributed by atoms with van der Waals surface area (Å²) < 4.78 is 19.2. The number of para-hydroxylation sites is 1. The molecule has 0 radical (unpaired) electrons. The monoisotopic (exact) mass is 269 g/mol. The minimum absolute atomic E-state index is 0.258. The smallest absolute Gasteiger partial charge is 0.303 e. The van der Waals surface area contributed by atoms with Crippen molar-refractivity contribution in [1.29, 1.82) is 0 Å². The standard InChI is InChI=1S/C15H12FN3O/c16-10-5-4-9-6-7-19(12(9)8-10)15-18-14-11(17)2-1-3-13(14)20-15/h1-5,8H,6-7,17H2. The maximum absolute atomic E-state index is 13.4. The van der Waals surface area contributed by atoms with E-state index in [4.69, 9.17) is 10.2 Å². The van der Waals surface area contributed by atoms with Crippen molar-refractivity contribution >= 4 is 28.5 Å². The lowest BCUT2D eigenvalue weighted by atomic mass is 10.2. The molecule has 2 N–H and O–H groups in total. The summed E-state index contributed by atoms with van der Waals surface area (Å²) in [6, 6.07) is 10.7. The minimum atomic E-state index is -0.258. The van der Waals surface area contributed by atoms with E-state index in [1.165, 1.54) is 12.1 Å². The van der Waals surface area contributed by atoms with E-state index in [2.05, 4.69) is 4.98 Å². The molecule has 4 rings (SSSR count). The van der Waals surface area contributed by atoms with Gasteiger partial charge in [-0.25, -0.2) is 4.39 Å². The first-order valence-electron chi connectivity index (χ1n) is 6.43. The number of nitrogens with two attached hydrogens (primary N) is 1. The third kappa shape index (κ3) is 1.56. The lowest BCUT2D eigenvalue weighted by molar-refractivity contribution is 0.595. The average molecular weight is 269 g/mol. The molecule has 2 aromatic carbocycles. The van der Waals surface area contributed by atoms with Crippen molar-refractivity contribution < 1.29 is 8.81 Å². The topological polar surface area (TPSA) is 55.3 Å². The molecule has 1 aliphatic heterocycles.